The standard InChI is InChI=1S/C24H30Cl2N2O3S/c1-16(2)12-27-24(30)17(3)28(13-18-5-9-21(31-4)10-6-18)23(29)15-32-14-19-7-8-20(25)11-22(19)26/h5-11,16-17H,12-15H2,1-4H3,(H,27,30)/t17-/m0/s1. The van der Waals surface area contributed by atoms with E-state index in [-0.39, 0.29) is 17.6 Å². The highest BCUT2D eigenvalue weighted by Gasteiger charge is 2.26. The highest BCUT2D eigenvalue weighted by Crippen LogP contribution is 2.25. The summed E-state index contributed by atoms with van der Waals surface area (Å²) in [4.78, 5) is 27.4. The molecule has 5 nitrogen and oxygen atoms in total. The Hall–Kier alpha value is -1.89. The summed E-state index contributed by atoms with van der Waals surface area (Å²) < 4.78 is 5.21. The SMILES string of the molecule is COc1ccc(CN(C(=O)CSCc2ccc(Cl)cc2Cl)[C@@H](C)C(=O)NCC(C)C)cc1. The maximum Gasteiger partial charge on any atom is 0.242 e. The number of thioether (sulfide) groups is 1. The van der Waals surface area contributed by atoms with Gasteiger partial charge in [0.15, 0.2) is 0 Å². The van der Waals surface area contributed by atoms with E-state index in [0.717, 1.165) is 16.9 Å². The molecule has 8 heteroatoms. The molecule has 2 amide bonds. The molecule has 0 unspecified atom stereocenters. The molecule has 0 aliphatic carbocycles. The summed E-state index contributed by atoms with van der Waals surface area (Å²) in [5.41, 5.74) is 1.84. The Labute approximate surface area is 204 Å². The summed E-state index contributed by atoms with van der Waals surface area (Å²) in [6.45, 7) is 6.73. The van der Waals surface area contributed by atoms with Crippen molar-refractivity contribution in [1.82, 2.24) is 10.2 Å². The zero-order valence-electron chi connectivity index (χ0n) is 18.9. The van der Waals surface area contributed by atoms with Crippen molar-refractivity contribution in [2.24, 2.45) is 5.92 Å². The number of benzene rings is 2. The van der Waals surface area contributed by atoms with Crippen molar-refractivity contribution >= 4 is 46.8 Å². The highest BCUT2D eigenvalue weighted by atomic mass is 35.5. The lowest BCUT2D eigenvalue weighted by molar-refractivity contribution is -0.138. The van der Waals surface area contributed by atoms with Crippen molar-refractivity contribution in [3.8, 4) is 5.75 Å². The molecule has 1 N–H and O–H groups in total. The Kier molecular flexibility index (Phi) is 10.7. The fourth-order valence-corrected chi connectivity index (χ4v) is 4.40. The second-order valence-corrected chi connectivity index (χ2v) is 9.74. The number of nitrogens with one attached hydrogen (secondary N) is 1. The fraction of sp³-hybridized carbons (Fsp3) is 0.417. The summed E-state index contributed by atoms with van der Waals surface area (Å²) in [5.74, 6) is 1.61. The van der Waals surface area contributed by atoms with Crippen LogP contribution in [0.25, 0.3) is 0 Å². The number of nitrogens with zero attached hydrogens (tertiary/aromatic N) is 1. The van der Waals surface area contributed by atoms with E-state index in [1.165, 1.54) is 11.8 Å². The average Bonchev–Trinajstić information content (AvgIpc) is 2.77. The second kappa shape index (κ2) is 13.0. The van der Waals surface area contributed by atoms with Crippen LogP contribution in [0.1, 0.15) is 31.9 Å². The van der Waals surface area contributed by atoms with E-state index in [1.807, 2.05) is 44.2 Å². The first-order valence-electron chi connectivity index (χ1n) is 10.4. The smallest absolute Gasteiger partial charge is 0.242 e. The van der Waals surface area contributed by atoms with Gasteiger partial charge in [-0.1, -0.05) is 55.2 Å². The molecule has 0 aromatic heterocycles. The van der Waals surface area contributed by atoms with Gasteiger partial charge in [0.05, 0.1) is 12.9 Å². The first-order chi connectivity index (χ1) is 15.2. The van der Waals surface area contributed by atoms with Crippen LogP contribution >= 0.6 is 35.0 Å². The molecule has 2 rings (SSSR count). The molecule has 0 heterocycles. The number of carbonyl (C=O) groups is 2. The summed E-state index contributed by atoms with van der Waals surface area (Å²) in [6.07, 6.45) is 0. The van der Waals surface area contributed by atoms with Crippen molar-refractivity contribution in [2.75, 3.05) is 19.4 Å². The number of hydrogen-bond donors (Lipinski definition) is 1. The summed E-state index contributed by atoms with van der Waals surface area (Å²) in [5, 5.41) is 4.08. The van der Waals surface area contributed by atoms with E-state index in [0.29, 0.717) is 34.8 Å². The van der Waals surface area contributed by atoms with Gasteiger partial charge in [-0.3, -0.25) is 9.59 Å². The van der Waals surface area contributed by atoms with E-state index in [1.54, 1.807) is 31.1 Å². The van der Waals surface area contributed by atoms with Gasteiger partial charge in [0, 0.05) is 28.9 Å². The third kappa shape index (κ3) is 8.23. The highest BCUT2D eigenvalue weighted by molar-refractivity contribution is 7.99. The molecule has 2 aromatic carbocycles. The Balaban J connectivity index is 2.08. The van der Waals surface area contributed by atoms with Crippen LogP contribution in [0.5, 0.6) is 5.75 Å². The third-order valence-electron chi connectivity index (χ3n) is 4.86. The van der Waals surface area contributed by atoms with Gasteiger partial charge in [0.2, 0.25) is 11.8 Å². The Morgan fingerprint density at radius 1 is 1.09 bits per heavy atom. The summed E-state index contributed by atoms with van der Waals surface area (Å²) in [6, 6.07) is 12.2. The molecule has 0 spiro atoms. The Morgan fingerprint density at radius 3 is 2.38 bits per heavy atom. The van der Waals surface area contributed by atoms with Crippen LogP contribution in [-0.2, 0) is 21.9 Å². The molecule has 174 valence electrons. The average molecular weight is 497 g/mol. The molecule has 1 atom stereocenters. The van der Waals surface area contributed by atoms with Crippen LogP contribution < -0.4 is 10.1 Å². The zero-order valence-corrected chi connectivity index (χ0v) is 21.2. The minimum atomic E-state index is -0.594. The molecule has 0 aliphatic rings. The zero-order chi connectivity index (χ0) is 23.7. The lowest BCUT2D eigenvalue weighted by Gasteiger charge is -2.29. The topological polar surface area (TPSA) is 58.6 Å². The van der Waals surface area contributed by atoms with Crippen LogP contribution in [-0.4, -0.2) is 42.2 Å². The second-order valence-electron chi connectivity index (χ2n) is 7.91. The van der Waals surface area contributed by atoms with E-state index in [2.05, 4.69) is 5.32 Å². The molecule has 0 saturated carbocycles. The third-order valence-corrected chi connectivity index (χ3v) is 6.42. The van der Waals surface area contributed by atoms with Gasteiger partial charge < -0.3 is 15.0 Å². The van der Waals surface area contributed by atoms with Crippen LogP contribution in [0.4, 0.5) is 0 Å². The minimum Gasteiger partial charge on any atom is -0.497 e. The number of amides is 2. The van der Waals surface area contributed by atoms with Crippen LogP contribution in [0.3, 0.4) is 0 Å². The number of carbonyl (C=O) groups excluding carboxylic acids is 2. The Morgan fingerprint density at radius 2 is 1.78 bits per heavy atom. The molecule has 0 fully saturated rings. The maximum absolute atomic E-state index is 13.1. The number of methoxy groups -OCH3 is 1. The lowest BCUT2D eigenvalue weighted by Crippen LogP contribution is -2.48. The van der Waals surface area contributed by atoms with E-state index in [4.69, 9.17) is 27.9 Å². The first-order valence-corrected chi connectivity index (χ1v) is 12.3. The van der Waals surface area contributed by atoms with Gasteiger partial charge in [0.25, 0.3) is 0 Å². The number of rotatable bonds is 11. The van der Waals surface area contributed by atoms with Crippen molar-refractivity contribution in [1.29, 1.82) is 0 Å². The molecule has 32 heavy (non-hydrogen) atoms. The largest absolute Gasteiger partial charge is 0.497 e. The van der Waals surface area contributed by atoms with Crippen molar-refractivity contribution in [2.45, 2.75) is 39.1 Å². The van der Waals surface area contributed by atoms with Crippen molar-refractivity contribution in [3.05, 3.63) is 63.6 Å². The molecule has 2 aromatic rings. The maximum atomic E-state index is 13.1. The van der Waals surface area contributed by atoms with Gasteiger partial charge in [-0.15, -0.1) is 11.8 Å². The number of ether oxygens (including phenoxy) is 1. The fourth-order valence-electron chi connectivity index (χ4n) is 2.93. The molecule has 0 bridgehead atoms. The van der Waals surface area contributed by atoms with Gasteiger partial charge >= 0.3 is 0 Å². The van der Waals surface area contributed by atoms with Crippen LogP contribution in [0.2, 0.25) is 10.0 Å². The molecule has 0 aliphatic heterocycles. The van der Waals surface area contributed by atoms with Crippen molar-refractivity contribution in [3.63, 3.8) is 0 Å². The molecular weight excluding hydrogens is 467 g/mol. The summed E-state index contributed by atoms with van der Waals surface area (Å²) in [7, 11) is 1.61. The first kappa shape index (κ1) is 26.4. The molecule has 0 saturated heterocycles. The van der Waals surface area contributed by atoms with Gasteiger partial charge in [-0.2, -0.15) is 0 Å². The molecule has 0 radical (unpaired) electrons. The predicted molar refractivity (Wildman–Crippen MR) is 133 cm³/mol. The quantitative estimate of drug-likeness (QED) is 0.450. The monoisotopic (exact) mass is 496 g/mol. The predicted octanol–water partition coefficient (Wildman–Crippen LogP) is 5.42. The number of hydrogen-bond acceptors (Lipinski definition) is 4. The van der Waals surface area contributed by atoms with E-state index in [9.17, 15) is 9.59 Å². The molecular formula is C24H30Cl2N2O3S. The van der Waals surface area contributed by atoms with Crippen LogP contribution in [0.15, 0.2) is 42.5 Å². The Bertz CT molecular complexity index is 907. The lowest BCUT2D eigenvalue weighted by atomic mass is 10.1. The summed E-state index contributed by atoms with van der Waals surface area (Å²) >= 11 is 13.6. The van der Waals surface area contributed by atoms with Gasteiger partial charge in [0.1, 0.15) is 11.8 Å². The van der Waals surface area contributed by atoms with Gasteiger partial charge in [-0.25, -0.2) is 0 Å². The number of halogens is 2. The van der Waals surface area contributed by atoms with E-state index < -0.39 is 6.04 Å². The minimum absolute atomic E-state index is 0.108. The van der Waals surface area contributed by atoms with E-state index >= 15 is 0 Å². The van der Waals surface area contributed by atoms with Crippen LogP contribution in [0, 0.1) is 5.92 Å². The normalized spacial score (nSPS) is 11.8. The van der Waals surface area contributed by atoms with Crippen molar-refractivity contribution < 1.29 is 14.3 Å². The van der Waals surface area contributed by atoms with Gasteiger partial charge in [-0.05, 0) is 48.2 Å².